The highest BCUT2D eigenvalue weighted by Gasteiger charge is 2.13. The first-order chi connectivity index (χ1) is 13.7. The molecule has 0 bridgehead atoms. The number of hydrogen-bond acceptors (Lipinski definition) is 8. The number of aryl methyl sites for hydroxylation is 1. The lowest BCUT2D eigenvalue weighted by Crippen LogP contribution is -2.07. The Morgan fingerprint density at radius 1 is 1.00 bits per heavy atom. The van der Waals surface area contributed by atoms with Gasteiger partial charge in [0.15, 0.2) is 0 Å². The number of benzene rings is 2. The maximum absolute atomic E-state index is 13.9. The third-order valence-electron chi connectivity index (χ3n) is 3.86. The molecular formula is C18H19FN6O3S. The van der Waals surface area contributed by atoms with Gasteiger partial charge in [0.25, 0.3) is 10.1 Å². The monoisotopic (exact) mass is 418 g/mol. The largest absolute Gasteiger partial charge is 0.385 e. The van der Waals surface area contributed by atoms with Gasteiger partial charge in [0.1, 0.15) is 0 Å². The topological polar surface area (TPSA) is 129 Å². The second-order valence-corrected chi connectivity index (χ2v) is 7.49. The van der Waals surface area contributed by atoms with Gasteiger partial charge in [-0.3, -0.25) is 4.55 Å². The molecule has 1 aromatic heterocycles. The molecule has 29 heavy (non-hydrogen) atoms. The van der Waals surface area contributed by atoms with Crippen molar-refractivity contribution in [3.63, 3.8) is 0 Å². The highest BCUT2D eigenvalue weighted by Crippen LogP contribution is 2.24. The van der Waals surface area contributed by atoms with Gasteiger partial charge in [-0.15, -0.1) is 0 Å². The summed E-state index contributed by atoms with van der Waals surface area (Å²) in [7, 11) is -4.39. The zero-order valence-corrected chi connectivity index (χ0v) is 16.5. The Hall–Kier alpha value is -3.31. The summed E-state index contributed by atoms with van der Waals surface area (Å²) in [5.41, 5.74) is 2.46. The maximum atomic E-state index is 13.9. The molecular weight excluding hydrogens is 399 g/mol. The normalized spacial score (nSPS) is 11.2. The van der Waals surface area contributed by atoms with Crippen LogP contribution < -0.4 is 16.0 Å². The summed E-state index contributed by atoms with van der Waals surface area (Å²) in [6.45, 7) is 4.43. The van der Waals surface area contributed by atoms with Gasteiger partial charge >= 0.3 is 6.08 Å². The number of nitrogens with one attached hydrogen (secondary N) is 3. The molecule has 0 unspecified atom stereocenters. The molecule has 0 amide bonds. The minimum absolute atomic E-state index is 0.0303. The predicted octanol–water partition coefficient (Wildman–Crippen LogP) is 3.48. The van der Waals surface area contributed by atoms with Crippen molar-refractivity contribution in [3.05, 3.63) is 54.1 Å². The second-order valence-electron chi connectivity index (χ2n) is 6.06. The summed E-state index contributed by atoms with van der Waals surface area (Å²) in [4.78, 5) is 11.0. The molecule has 4 N–H and O–H groups in total. The van der Waals surface area contributed by atoms with E-state index >= 15 is 0 Å². The molecule has 1 heterocycles. The van der Waals surface area contributed by atoms with Crippen LogP contribution in [0.1, 0.15) is 12.5 Å². The van der Waals surface area contributed by atoms with Crippen molar-refractivity contribution in [1.29, 1.82) is 0 Å². The zero-order valence-electron chi connectivity index (χ0n) is 15.6. The fourth-order valence-corrected chi connectivity index (χ4v) is 3.03. The molecule has 0 saturated carbocycles. The summed E-state index contributed by atoms with van der Waals surface area (Å²) >= 11 is 0. The number of hydrogen-bond donors (Lipinski definition) is 4. The summed E-state index contributed by atoms with van der Waals surface area (Å²) in [6.07, 6.45) is -1.02. The first kappa shape index (κ1) is 20.4. The van der Waals surface area contributed by atoms with Gasteiger partial charge in [-0.25, -0.2) is 0 Å². The Labute approximate surface area is 167 Å². The Balaban J connectivity index is 1.87. The van der Waals surface area contributed by atoms with Crippen LogP contribution in [0.15, 0.2) is 47.4 Å². The van der Waals surface area contributed by atoms with Crippen LogP contribution in [0.3, 0.4) is 0 Å². The second kappa shape index (κ2) is 8.37. The molecule has 11 heteroatoms. The molecule has 0 aliphatic carbocycles. The van der Waals surface area contributed by atoms with Crippen LogP contribution in [0.4, 0.5) is 33.3 Å². The van der Waals surface area contributed by atoms with E-state index in [1.54, 1.807) is 13.0 Å². The summed E-state index contributed by atoms with van der Waals surface area (Å²) < 4.78 is 45.8. The van der Waals surface area contributed by atoms with Crippen LogP contribution >= 0.6 is 0 Å². The number of anilines is 5. The molecule has 0 aliphatic heterocycles. The lowest BCUT2D eigenvalue weighted by Gasteiger charge is -2.11. The summed E-state index contributed by atoms with van der Waals surface area (Å²) in [5, 5.41) is 8.82. The quantitative estimate of drug-likeness (QED) is 0.426. The Bertz CT molecular complexity index is 1140. The van der Waals surface area contributed by atoms with E-state index in [4.69, 9.17) is 0 Å². The maximum Gasteiger partial charge on any atom is 0.315 e. The Morgan fingerprint density at radius 3 is 2.38 bits per heavy atom. The average Bonchev–Trinajstić information content (AvgIpc) is 2.63. The number of nitrogens with zero attached hydrogens (tertiary/aromatic N) is 3. The van der Waals surface area contributed by atoms with Crippen LogP contribution in [0, 0.1) is 13.0 Å². The number of rotatable bonds is 7. The SMILES string of the molecule is CCNc1cccc(Nc2nc(F)nc(Nc3cc(S(=O)(=O)O)ccc3C)n2)c1. The van der Waals surface area contributed by atoms with Crippen LogP contribution in [0.2, 0.25) is 0 Å². The lowest BCUT2D eigenvalue weighted by molar-refractivity contribution is 0.483. The van der Waals surface area contributed by atoms with Crippen LogP contribution in [0.5, 0.6) is 0 Å². The van der Waals surface area contributed by atoms with Crippen molar-refractivity contribution in [1.82, 2.24) is 15.0 Å². The van der Waals surface area contributed by atoms with E-state index in [0.29, 0.717) is 16.9 Å². The Morgan fingerprint density at radius 2 is 1.69 bits per heavy atom. The van der Waals surface area contributed by atoms with Crippen molar-refractivity contribution in [3.8, 4) is 0 Å². The van der Waals surface area contributed by atoms with E-state index in [-0.39, 0.29) is 16.8 Å². The summed E-state index contributed by atoms with van der Waals surface area (Å²) in [6, 6.07) is 11.3. The van der Waals surface area contributed by atoms with E-state index in [1.165, 1.54) is 18.2 Å². The van der Waals surface area contributed by atoms with Crippen molar-refractivity contribution >= 4 is 39.1 Å². The van der Waals surface area contributed by atoms with Gasteiger partial charge in [-0.05, 0) is 49.7 Å². The first-order valence-electron chi connectivity index (χ1n) is 8.62. The molecule has 0 saturated heterocycles. The number of aromatic nitrogens is 3. The zero-order chi connectivity index (χ0) is 21.0. The van der Waals surface area contributed by atoms with Crippen molar-refractivity contribution in [2.75, 3.05) is 22.5 Å². The van der Waals surface area contributed by atoms with E-state index in [0.717, 1.165) is 12.2 Å². The average molecular weight is 418 g/mol. The van der Waals surface area contributed by atoms with Gasteiger partial charge in [0.05, 0.1) is 4.90 Å². The lowest BCUT2D eigenvalue weighted by atomic mass is 10.2. The van der Waals surface area contributed by atoms with E-state index < -0.39 is 16.2 Å². The van der Waals surface area contributed by atoms with E-state index in [9.17, 15) is 17.4 Å². The van der Waals surface area contributed by atoms with Gasteiger partial charge in [-0.2, -0.15) is 27.8 Å². The molecule has 0 atom stereocenters. The summed E-state index contributed by atoms with van der Waals surface area (Å²) in [5.74, 6) is -0.157. The van der Waals surface area contributed by atoms with Gasteiger partial charge in [0.2, 0.25) is 11.9 Å². The third kappa shape index (κ3) is 5.36. The minimum Gasteiger partial charge on any atom is -0.385 e. The van der Waals surface area contributed by atoms with Crippen LogP contribution in [-0.2, 0) is 10.1 Å². The van der Waals surface area contributed by atoms with Gasteiger partial charge in [-0.1, -0.05) is 12.1 Å². The molecule has 152 valence electrons. The highest BCUT2D eigenvalue weighted by molar-refractivity contribution is 7.85. The molecule has 0 spiro atoms. The fraction of sp³-hybridized carbons (Fsp3) is 0.167. The van der Waals surface area contributed by atoms with E-state index in [2.05, 4.69) is 30.9 Å². The van der Waals surface area contributed by atoms with Gasteiger partial charge in [0, 0.05) is 23.6 Å². The molecule has 9 nitrogen and oxygen atoms in total. The van der Waals surface area contributed by atoms with Crippen molar-refractivity contribution < 1.29 is 17.4 Å². The standard InChI is InChI=1S/C18H19FN6O3S/c1-3-20-12-5-4-6-13(9-12)21-17-23-16(19)24-18(25-17)22-15-10-14(29(26,27)28)8-7-11(15)2/h4-10,20H,3H2,1-2H3,(H,26,27,28)(H2,21,22,23,24,25). The third-order valence-corrected chi connectivity index (χ3v) is 4.71. The molecule has 3 rings (SSSR count). The molecule has 3 aromatic rings. The number of halogens is 1. The predicted molar refractivity (Wildman–Crippen MR) is 108 cm³/mol. The minimum atomic E-state index is -4.39. The van der Waals surface area contributed by atoms with Crippen LogP contribution in [0.25, 0.3) is 0 Å². The molecule has 2 aromatic carbocycles. The van der Waals surface area contributed by atoms with E-state index in [1.807, 2.05) is 25.1 Å². The molecule has 0 fully saturated rings. The van der Waals surface area contributed by atoms with Crippen molar-refractivity contribution in [2.45, 2.75) is 18.7 Å². The smallest absolute Gasteiger partial charge is 0.315 e. The highest BCUT2D eigenvalue weighted by atomic mass is 32.2. The van der Waals surface area contributed by atoms with Crippen molar-refractivity contribution in [2.24, 2.45) is 0 Å². The first-order valence-corrected chi connectivity index (χ1v) is 10.1. The van der Waals surface area contributed by atoms with Gasteiger partial charge < -0.3 is 16.0 Å². The van der Waals surface area contributed by atoms with Crippen LogP contribution in [-0.4, -0.2) is 34.5 Å². The molecule has 0 radical (unpaired) electrons. The fourth-order valence-electron chi connectivity index (χ4n) is 2.52. The molecule has 0 aliphatic rings. The Kier molecular flexibility index (Phi) is 5.89.